The molecule has 1 rings (SSSR count). The van der Waals surface area contributed by atoms with E-state index in [-0.39, 0.29) is 19.1 Å². The third kappa shape index (κ3) is 3.90. The highest BCUT2D eigenvalue weighted by Gasteiger charge is 2.13. The molecule has 4 nitrogen and oxygen atoms in total. The lowest BCUT2D eigenvalue weighted by molar-refractivity contribution is -0.135. The highest BCUT2D eigenvalue weighted by Crippen LogP contribution is 2.14. The number of benzene rings is 1. The first-order chi connectivity index (χ1) is 7.63. The number of carbonyl (C=O) groups is 1. The number of hydrogen-bond acceptors (Lipinski definition) is 3. The second kappa shape index (κ2) is 6.12. The predicted octanol–water partition coefficient (Wildman–Crippen LogP) is 1.21. The van der Waals surface area contributed by atoms with Crippen LogP contribution in [-0.2, 0) is 4.79 Å². The number of carboxylic acid groups (broad SMARTS) is 1. The van der Waals surface area contributed by atoms with Crippen molar-refractivity contribution >= 4 is 11.7 Å². The molecular formula is C12H17NO3. The monoisotopic (exact) mass is 223 g/mol. The van der Waals surface area contributed by atoms with Crippen molar-refractivity contribution in [1.82, 2.24) is 0 Å². The molecule has 0 aliphatic rings. The Morgan fingerprint density at radius 2 is 2.00 bits per heavy atom. The topological polar surface area (TPSA) is 60.8 Å². The van der Waals surface area contributed by atoms with Gasteiger partial charge in [0.25, 0.3) is 0 Å². The number of hydrogen-bond donors (Lipinski definition) is 2. The number of aliphatic hydroxyl groups is 1. The maximum atomic E-state index is 10.7. The molecule has 1 unspecified atom stereocenters. The van der Waals surface area contributed by atoms with Crippen LogP contribution in [0.2, 0.25) is 0 Å². The van der Waals surface area contributed by atoms with Gasteiger partial charge in [0, 0.05) is 18.8 Å². The summed E-state index contributed by atoms with van der Waals surface area (Å²) in [6.07, 6.45) is 0. The van der Waals surface area contributed by atoms with Gasteiger partial charge >= 0.3 is 5.97 Å². The Balaban J connectivity index is 2.75. The van der Waals surface area contributed by atoms with Crippen LogP contribution in [-0.4, -0.2) is 35.9 Å². The summed E-state index contributed by atoms with van der Waals surface area (Å²) >= 11 is 0. The molecule has 0 bridgehead atoms. The summed E-state index contributed by atoms with van der Waals surface area (Å²) in [4.78, 5) is 12.5. The molecular weight excluding hydrogens is 206 g/mol. The fourth-order valence-electron chi connectivity index (χ4n) is 1.50. The molecule has 16 heavy (non-hydrogen) atoms. The number of anilines is 1. The first-order valence-corrected chi connectivity index (χ1v) is 5.26. The van der Waals surface area contributed by atoms with E-state index in [1.807, 2.05) is 37.3 Å². The molecule has 0 saturated carbocycles. The van der Waals surface area contributed by atoms with Crippen LogP contribution >= 0.6 is 0 Å². The lowest BCUT2D eigenvalue weighted by atomic mass is 10.1. The van der Waals surface area contributed by atoms with E-state index in [0.29, 0.717) is 6.54 Å². The van der Waals surface area contributed by atoms with Crippen molar-refractivity contribution in [2.24, 2.45) is 5.92 Å². The Bertz CT molecular complexity index is 326. The van der Waals surface area contributed by atoms with E-state index in [2.05, 4.69) is 0 Å². The average Bonchev–Trinajstić information content (AvgIpc) is 2.28. The molecule has 0 heterocycles. The van der Waals surface area contributed by atoms with E-state index in [9.17, 15) is 4.79 Å². The zero-order valence-electron chi connectivity index (χ0n) is 9.34. The summed E-state index contributed by atoms with van der Waals surface area (Å²) in [7, 11) is 0. The lowest BCUT2D eigenvalue weighted by Crippen LogP contribution is -2.34. The molecule has 1 aromatic carbocycles. The number of nitrogens with zero attached hydrogens (tertiary/aromatic N) is 1. The van der Waals surface area contributed by atoms with Crippen molar-refractivity contribution in [3.8, 4) is 0 Å². The summed E-state index contributed by atoms with van der Waals surface area (Å²) in [5.74, 6) is -0.812. The summed E-state index contributed by atoms with van der Waals surface area (Å²) in [5, 5.41) is 17.8. The molecule has 1 atom stereocenters. The zero-order chi connectivity index (χ0) is 12.0. The van der Waals surface area contributed by atoms with Gasteiger partial charge in [0.2, 0.25) is 0 Å². The van der Waals surface area contributed by atoms with Gasteiger partial charge in [-0.2, -0.15) is 0 Å². The number of rotatable bonds is 6. The van der Waals surface area contributed by atoms with Crippen molar-refractivity contribution < 1.29 is 15.0 Å². The van der Waals surface area contributed by atoms with E-state index in [1.54, 1.807) is 4.90 Å². The van der Waals surface area contributed by atoms with E-state index in [0.717, 1.165) is 5.69 Å². The molecule has 0 spiro atoms. The fraction of sp³-hybridized carbons (Fsp3) is 0.417. The quantitative estimate of drug-likeness (QED) is 0.761. The van der Waals surface area contributed by atoms with Gasteiger partial charge in [-0.05, 0) is 18.1 Å². The SMILES string of the molecule is CC(CO)CN(CC(=O)O)c1ccccc1. The summed E-state index contributed by atoms with van der Waals surface area (Å²) in [6, 6.07) is 9.36. The maximum Gasteiger partial charge on any atom is 0.323 e. The Kier molecular flexibility index (Phi) is 4.79. The van der Waals surface area contributed by atoms with Gasteiger partial charge in [-0.3, -0.25) is 4.79 Å². The molecule has 0 aliphatic heterocycles. The van der Waals surface area contributed by atoms with Crippen LogP contribution in [0.15, 0.2) is 30.3 Å². The minimum absolute atomic E-state index is 0.0473. The normalized spacial score (nSPS) is 12.1. The highest BCUT2D eigenvalue weighted by atomic mass is 16.4. The Labute approximate surface area is 95.1 Å². The highest BCUT2D eigenvalue weighted by molar-refractivity contribution is 5.73. The average molecular weight is 223 g/mol. The van der Waals surface area contributed by atoms with Gasteiger partial charge in [0.05, 0.1) is 0 Å². The van der Waals surface area contributed by atoms with Crippen LogP contribution < -0.4 is 4.90 Å². The molecule has 0 fully saturated rings. The van der Waals surface area contributed by atoms with Crippen LogP contribution in [0, 0.1) is 5.92 Å². The van der Waals surface area contributed by atoms with Gasteiger partial charge in [-0.25, -0.2) is 0 Å². The van der Waals surface area contributed by atoms with Crippen molar-refractivity contribution in [2.75, 3.05) is 24.6 Å². The molecule has 0 amide bonds. The van der Waals surface area contributed by atoms with Crippen molar-refractivity contribution in [3.63, 3.8) is 0 Å². The van der Waals surface area contributed by atoms with Crippen LogP contribution in [0.4, 0.5) is 5.69 Å². The van der Waals surface area contributed by atoms with Crippen molar-refractivity contribution in [3.05, 3.63) is 30.3 Å². The fourth-order valence-corrected chi connectivity index (χ4v) is 1.50. The smallest absolute Gasteiger partial charge is 0.323 e. The molecule has 1 aromatic rings. The number of para-hydroxylation sites is 1. The molecule has 0 radical (unpaired) electrons. The minimum Gasteiger partial charge on any atom is -0.480 e. The minimum atomic E-state index is -0.867. The number of aliphatic carboxylic acids is 1. The van der Waals surface area contributed by atoms with Crippen molar-refractivity contribution in [1.29, 1.82) is 0 Å². The number of carboxylic acids is 1. The second-order valence-electron chi connectivity index (χ2n) is 3.90. The van der Waals surface area contributed by atoms with E-state index in [1.165, 1.54) is 0 Å². The van der Waals surface area contributed by atoms with Gasteiger partial charge in [0.1, 0.15) is 6.54 Å². The van der Waals surface area contributed by atoms with E-state index >= 15 is 0 Å². The third-order valence-electron chi connectivity index (χ3n) is 2.29. The first kappa shape index (κ1) is 12.5. The second-order valence-corrected chi connectivity index (χ2v) is 3.90. The summed E-state index contributed by atoms with van der Waals surface area (Å²) in [5.41, 5.74) is 0.866. The first-order valence-electron chi connectivity index (χ1n) is 5.26. The summed E-state index contributed by atoms with van der Waals surface area (Å²) < 4.78 is 0. The molecule has 0 aromatic heterocycles. The van der Waals surface area contributed by atoms with Crippen LogP contribution in [0.5, 0.6) is 0 Å². The lowest BCUT2D eigenvalue weighted by Gasteiger charge is -2.25. The molecule has 2 N–H and O–H groups in total. The van der Waals surface area contributed by atoms with Gasteiger partial charge in [0.15, 0.2) is 0 Å². The largest absolute Gasteiger partial charge is 0.480 e. The van der Waals surface area contributed by atoms with E-state index < -0.39 is 5.97 Å². The molecule has 4 heteroatoms. The van der Waals surface area contributed by atoms with Gasteiger partial charge in [-0.15, -0.1) is 0 Å². The van der Waals surface area contributed by atoms with E-state index in [4.69, 9.17) is 10.2 Å². The Morgan fingerprint density at radius 1 is 1.38 bits per heavy atom. The Hall–Kier alpha value is -1.55. The van der Waals surface area contributed by atoms with Crippen LogP contribution in [0.1, 0.15) is 6.92 Å². The van der Waals surface area contributed by atoms with Crippen LogP contribution in [0.3, 0.4) is 0 Å². The molecule has 88 valence electrons. The maximum absolute atomic E-state index is 10.7. The van der Waals surface area contributed by atoms with Crippen LogP contribution in [0.25, 0.3) is 0 Å². The molecule has 0 saturated heterocycles. The zero-order valence-corrected chi connectivity index (χ0v) is 9.34. The predicted molar refractivity (Wildman–Crippen MR) is 62.5 cm³/mol. The summed E-state index contributed by atoms with van der Waals surface area (Å²) in [6.45, 7) is 2.43. The van der Waals surface area contributed by atoms with Gasteiger partial charge in [-0.1, -0.05) is 25.1 Å². The third-order valence-corrected chi connectivity index (χ3v) is 2.29. The Morgan fingerprint density at radius 3 is 2.50 bits per heavy atom. The molecule has 0 aliphatic carbocycles. The standard InChI is InChI=1S/C12H17NO3/c1-10(9-14)7-13(8-12(15)16)11-5-3-2-4-6-11/h2-6,10,14H,7-9H2,1H3,(H,15,16). The van der Waals surface area contributed by atoms with Gasteiger partial charge < -0.3 is 15.1 Å². The van der Waals surface area contributed by atoms with Crippen molar-refractivity contribution in [2.45, 2.75) is 6.92 Å². The number of aliphatic hydroxyl groups excluding tert-OH is 1.